The van der Waals surface area contributed by atoms with Crippen molar-refractivity contribution in [2.24, 2.45) is 10.7 Å². The van der Waals surface area contributed by atoms with Crippen molar-refractivity contribution in [3.8, 4) is 0 Å². The highest BCUT2D eigenvalue weighted by molar-refractivity contribution is 7.89. The topological polar surface area (TPSA) is 87.8 Å². The van der Waals surface area contributed by atoms with Gasteiger partial charge in [0, 0.05) is 19.6 Å². The molecule has 0 bridgehead atoms. The lowest BCUT2D eigenvalue weighted by Crippen LogP contribution is -2.40. The number of sulfonamides is 1. The van der Waals surface area contributed by atoms with Crippen LogP contribution in [-0.2, 0) is 10.0 Å². The van der Waals surface area contributed by atoms with Gasteiger partial charge in [0.2, 0.25) is 10.0 Å². The number of benzene rings is 1. The normalized spacial score (nSPS) is 17.5. The average molecular weight is 370 g/mol. The molecule has 0 saturated heterocycles. The SMILES string of the molecule is CN(CCN=C(N)NC1CCCCCC1)S(=O)(=O)c1ccc(F)cc1. The van der Waals surface area contributed by atoms with Gasteiger partial charge in [-0.2, -0.15) is 4.31 Å². The predicted molar refractivity (Wildman–Crippen MR) is 97.3 cm³/mol. The summed E-state index contributed by atoms with van der Waals surface area (Å²) in [7, 11) is -2.17. The first-order chi connectivity index (χ1) is 11.9. The highest BCUT2D eigenvalue weighted by Gasteiger charge is 2.20. The lowest BCUT2D eigenvalue weighted by molar-refractivity contribution is 0.475. The van der Waals surface area contributed by atoms with Gasteiger partial charge < -0.3 is 11.1 Å². The minimum atomic E-state index is -3.65. The number of nitrogens with zero attached hydrogens (tertiary/aromatic N) is 2. The monoisotopic (exact) mass is 370 g/mol. The van der Waals surface area contributed by atoms with Crippen molar-refractivity contribution in [1.82, 2.24) is 9.62 Å². The Morgan fingerprint density at radius 2 is 1.84 bits per heavy atom. The fourth-order valence-electron chi connectivity index (χ4n) is 2.90. The Labute approximate surface area is 149 Å². The maximum atomic E-state index is 12.9. The summed E-state index contributed by atoms with van der Waals surface area (Å²) in [6.45, 7) is 0.467. The van der Waals surface area contributed by atoms with Crippen molar-refractivity contribution in [3.63, 3.8) is 0 Å². The van der Waals surface area contributed by atoms with E-state index < -0.39 is 15.8 Å². The van der Waals surface area contributed by atoms with E-state index in [0.29, 0.717) is 12.0 Å². The predicted octanol–water partition coefficient (Wildman–Crippen LogP) is 2.07. The van der Waals surface area contributed by atoms with Crippen LogP contribution in [0.1, 0.15) is 38.5 Å². The summed E-state index contributed by atoms with van der Waals surface area (Å²) in [5.74, 6) is -0.108. The van der Waals surface area contributed by atoms with Crippen LogP contribution in [-0.4, -0.2) is 44.9 Å². The molecule has 25 heavy (non-hydrogen) atoms. The van der Waals surface area contributed by atoms with Crippen LogP contribution in [0.25, 0.3) is 0 Å². The molecule has 1 aromatic carbocycles. The van der Waals surface area contributed by atoms with Crippen LogP contribution in [0.15, 0.2) is 34.2 Å². The molecule has 0 heterocycles. The maximum absolute atomic E-state index is 12.9. The summed E-state index contributed by atoms with van der Waals surface area (Å²) < 4.78 is 38.9. The molecular weight excluding hydrogens is 343 g/mol. The minimum Gasteiger partial charge on any atom is -0.370 e. The molecule has 0 aliphatic heterocycles. The van der Waals surface area contributed by atoms with Gasteiger partial charge in [0.05, 0.1) is 11.4 Å². The van der Waals surface area contributed by atoms with E-state index in [-0.39, 0.29) is 18.0 Å². The molecule has 6 nitrogen and oxygen atoms in total. The van der Waals surface area contributed by atoms with Crippen LogP contribution < -0.4 is 11.1 Å². The Bertz CT molecular complexity index is 668. The maximum Gasteiger partial charge on any atom is 0.242 e. The fourth-order valence-corrected chi connectivity index (χ4v) is 4.06. The van der Waals surface area contributed by atoms with E-state index in [2.05, 4.69) is 10.3 Å². The molecule has 1 aliphatic carbocycles. The van der Waals surface area contributed by atoms with Crippen LogP contribution in [0, 0.1) is 5.82 Å². The number of guanidine groups is 1. The smallest absolute Gasteiger partial charge is 0.242 e. The number of rotatable bonds is 6. The zero-order valence-electron chi connectivity index (χ0n) is 14.6. The molecule has 1 aromatic rings. The molecule has 0 aromatic heterocycles. The lowest BCUT2D eigenvalue weighted by Gasteiger charge is -2.18. The Balaban J connectivity index is 1.85. The van der Waals surface area contributed by atoms with Crippen molar-refractivity contribution in [1.29, 1.82) is 0 Å². The minimum absolute atomic E-state index is 0.0601. The molecule has 140 valence electrons. The number of nitrogens with two attached hydrogens (primary N) is 1. The van der Waals surface area contributed by atoms with E-state index in [1.54, 1.807) is 0 Å². The zero-order chi connectivity index (χ0) is 18.3. The molecule has 0 unspecified atom stereocenters. The Morgan fingerprint density at radius 1 is 1.24 bits per heavy atom. The summed E-state index contributed by atoms with van der Waals surface area (Å²) in [4.78, 5) is 4.29. The van der Waals surface area contributed by atoms with Crippen LogP contribution in [0.2, 0.25) is 0 Å². The molecule has 1 aliphatic rings. The summed E-state index contributed by atoms with van der Waals surface area (Å²) in [6.07, 6.45) is 7.11. The lowest BCUT2D eigenvalue weighted by atomic mass is 10.1. The zero-order valence-corrected chi connectivity index (χ0v) is 15.4. The molecule has 0 atom stereocenters. The molecule has 8 heteroatoms. The van der Waals surface area contributed by atoms with Crippen LogP contribution in [0.5, 0.6) is 0 Å². The number of aliphatic imine (C=N–C) groups is 1. The first-order valence-corrected chi connectivity index (χ1v) is 10.1. The van der Waals surface area contributed by atoms with E-state index in [1.165, 1.54) is 49.2 Å². The molecule has 0 amide bonds. The van der Waals surface area contributed by atoms with Crippen LogP contribution in [0.4, 0.5) is 4.39 Å². The van der Waals surface area contributed by atoms with Gasteiger partial charge in [0.15, 0.2) is 5.96 Å². The number of halogens is 1. The van der Waals surface area contributed by atoms with E-state index in [4.69, 9.17) is 5.73 Å². The van der Waals surface area contributed by atoms with Crippen molar-refractivity contribution in [2.75, 3.05) is 20.1 Å². The van der Waals surface area contributed by atoms with Gasteiger partial charge >= 0.3 is 0 Å². The van der Waals surface area contributed by atoms with Gasteiger partial charge in [-0.25, -0.2) is 12.8 Å². The number of hydrogen-bond donors (Lipinski definition) is 2. The average Bonchev–Trinajstić information content (AvgIpc) is 2.83. The third kappa shape index (κ3) is 5.97. The Hall–Kier alpha value is -1.67. The summed E-state index contributed by atoms with van der Waals surface area (Å²) in [5, 5.41) is 3.23. The number of likely N-dealkylation sites (N-methyl/N-ethyl adjacent to an activating group) is 1. The van der Waals surface area contributed by atoms with E-state index in [0.717, 1.165) is 25.0 Å². The molecule has 1 saturated carbocycles. The van der Waals surface area contributed by atoms with Gasteiger partial charge in [-0.15, -0.1) is 0 Å². The van der Waals surface area contributed by atoms with Gasteiger partial charge in [0.1, 0.15) is 5.82 Å². The molecular formula is C17H27FN4O2S. The molecule has 0 spiro atoms. The van der Waals surface area contributed by atoms with Gasteiger partial charge in [-0.05, 0) is 37.1 Å². The summed E-state index contributed by atoms with van der Waals surface area (Å²) >= 11 is 0. The quantitative estimate of drug-likeness (QED) is 0.456. The van der Waals surface area contributed by atoms with Crippen molar-refractivity contribution in [2.45, 2.75) is 49.5 Å². The summed E-state index contributed by atoms with van der Waals surface area (Å²) in [6, 6.07) is 5.13. The fraction of sp³-hybridized carbons (Fsp3) is 0.588. The number of hydrogen-bond acceptors (Lipinski definition) is 3. The second-order valence-corrected chi connectivity index (χ2v) is 8.43. The first kappa shape index (κ1) is 19.7. The van der Waals surface area contributed by atoms with Crippen LogP contribution >= 0.6 is 0 Å². The molecule has 3 N–H and O–H groups in total. The van der Waals surface area contributed by atoms with Gasteiger partial charge in [0.25, 0.3) is 0 Å². The summed E-state index contributed by atoms with van der Waals surface area (Å²) in [5.41, 5.74) is 5.91. The second-order valence-electron chi connectivity index (χ2n) is 6.38. The molecule has 1 fully saturated rings. The van der Waals surface area contributed by atoms with E-state index in [9.17, 15) is 12.8 Å². The molecule has 2 rings (SSSR count). The van der Waals surface area contributed by atoms with Crippen molar-refractivity contribution >= 4 is 16.0 Å². The third-order valence-electron chi connectivity index (χ3n) is 4.43. The number of nitrogens with one attached hydrogen (secondary N) is 1. The van der Waals surface area contributed by atoms with E-state index >= 15 is 0 Å². The largest absolute Gasteiger partial charge is 0.370 e. The highest BCUT2D eigenvalue weighted by Crippen LogP contribution is 2.17. The molecule has 0 radical (unpaired) electrons. The van der Waals surface area contributed by atoms with Gasteiger partial charge in [-0.1, -0.05) is 25.7 Å². The van der Waals surface area contributed by atoms with Crippen LogP contribution in [0.3, 0.4) is 0 Å². The Morgan fingerprint density at radius 3 is 2.44 bits per heavy atom. The highest BCUT2D eigenvalue weighted by atomic mass is 32.2. The van der Waals surface area contributed by atoms with E-state index in [1.807, 2.05) is 0 Å². The third-order valence-corrected chi connectivity index (χ3v) is 6.30. The first-order valence-electron chi connectivity index (χ1n) is 8.68. The Kier molecular flexibility index (Phi) is 7.19. The van der Waals surface area contributed by atoms with Gasteiger partial charge in [-0.3, -0.25) is 4.99 Å². The van der Waals surface area contributed by atoms with Crippen molar-refractivity contribution in [3.05, 3.63) is 30.1 Å². The van der Waals surface area contributed by atoms with Crippen molar-refractivity contribution < 1.29 is 12.8 Å². The second kappa shape index (κ2) is 9.15. The standard InChI is InChI=1S/C17H27FN4O2S/c1-22(25(23,24)16-10-8-14(18)9-11-16)13-12-20-17(19)21-15-6-4-2-3-5-7-15/h8-11,15H,2-7,12-13H2,1H3,(H3,19,20,21).